The molecule has 1 aromatic heterocycles. The zero-order valence-corrected chi connectivity index (χ0v) is 13.0. The van der Waals surface area contributed by atoms with E-state index in [1.807, 2.05) is 0 Å². The van der Waals surface area contributed by atoms with Crippen LogP contribution in [0.15, 0.2) is 29.0 Å². The summed E-state index contributed by atoms with van der Waals surface area (Å²) in [6.07, 6.45) is 0.954. The van der Waals surface area contributed by atoms with Crippen LogP contribution in [0.5, 0.6) is 0 Å². The molecule has 2 aromatic rings. The minimum atomic E-state index is 0.658. The molecule has 0 unspecified atom stereocenters. The van der Waals surface area contributed by atoms with E-state index in [1.54, 1.807) is 0 Å². The number of fused-ring (bicyclic) bond motifs is 1. The molecular formula is C15H17BrN4. The summed E-state index contributed by atoms with van der Waals surface area (Å²) in [5.41, 5.74) is 4.91. The Morgan fingerprint density at radius 1 is 1.30 bits per heavy atom. The van der Waals surface area contributed by atoms with Crippen molar-refractivity contribution in [3.63, 3.8) is 0 Å². The van der Waals surface area contributed by atoms with E-state index in [9.17, 15) is 0 Å². The molecule has 0 atom stereocenters. The van der Waals surface area contributed by atoms with Crippen LogP contribution >= 0.6 is 15.9 Å². The van der Waals surface area contributed by atoms with Crippen molar-refractivity contribution in [2.45, 2.75) is 26.4 Å². The van der Waals surface area contributed by atoms with Crippen molar-refractivity contribution in [3.05, 3.63) is 51.4 Å². The number of aryl methyl sites for hydroxylation is 1. The summed E-state index contributed by atoms with van der Waals surface area (Å²) in [6, 6.07) is 8.40. The van der Waals surface area contributed by atoms with Crippen LogP contribution in [0.3, 0.4) is 0 Å². The van der Waals surface area contributed by atoms with E-state index < -0.39 is 0 Å². The van der Waals surface area contributed by atoms with Crippen LogP contribution in [0.2, 0.25) is 0 Å². The third-order valence-corrected chi connectivity index (χ3v) is 3.97. The number of aromatic nitrogens is 2. The highest BCUT2D eigenvalue weighted by Gasteiger charge is 2.16. The summed E-state index contributed by atoms with van der Waals surface area (Å²) in [4.78, 5) is 8.96. The number of hydrogen-bond acceptors (Lipinski definition) is 4. The van der Waals surface area contributed by atoms with Gasteiger partial charge < -0.3 is 10.6 Å². The molecule has 0 saturated heterocycles. The van der Waals surface area contributed by atoms with Crippen LogP contribution in [0.1, 0.15) is 22.4 Å². The lowest BCUT2D eigenvalue weighted by molar-refractivity contribution is 0.625. The first-order valence-corrected chi connectivity index (χ1v) is 7.58. The first-order valence-electron chi connectivity index (χ1n) is 6.78. The summed E-state index contributed by atoms with van der Waals surface area (Å²) >= 11 is 3.40. The Bertz CT molecular complexity index is 627. The van der Waals surface area contributed by atoms with Crippen molar-refractivity contribution in [1.29, 1.82) is 0 Å². The molecular weight excluding hydrogens is 316 g/mol. The van der Waals surface area contributed by atoms with Crippen LogP contribution in [0.4, 0.5) is 5.82 Å². The molecule has 0 saturated carbocycles. The number of halogens is 1. The van der Waals surface area contributed by atoms with E-state index in [0.29, 0.717) is 4.73 Å². The highest BCUT2D eigenvalue weighted by Crippen LogP contribution is 2.22. The van der Waals surface area contributed by atoms with Crippen molar-refractivity contribution in [2.75, 3.05) is 11.9 Å². The average Bonchev–Trinajstić information content (AvgIpc) is 2.46. The highest BCUT2D eigenvalue weighted by molar-refractivity contribution is 9.10. The summed E-state index contributed by atoms with van der Waals surface area (Å²) in [6.45, 7) is 4.72. The fraction of sp³-hybridized carbons (Fsp3) is 0.333. The Labute approximate surface area is 127 Å². The monoisotopic (exact) mass is 332 g/mol. The standard InChI is InChI=1S/C15H17BrN4/c1-10-4-2-3-5-11(10)8-18-14-12-9-17-7-6-13(12)19-15(16)20-14/h2-5,17H,6-9H2,1H3,(H,18,19,20). The van der Waals surface area contributed by atoms with Crippen molar-refractivity contribution in [3.8, 4) is 0 Å². The largest absolute Gasteiger partial charge is 0.366 e. The first-order chi connectivity index (χ1) is 9.74. The van der Waals surface area contributed by atoms with E-state index in [-0.39, 0.29) is 0 Å². The molecule has 0 radical (unpaired) electrons. The van der Waals surface area contributed by atoms with Crippen molar-refractivity contribution >= 4 is 21.7 Å². The highest BCUT2D eigenvalue weighted by atomic mass is 79.9. The summed E-state index contributed by atoms with van der Waals surface area (Å²) in [7, 11) is 0. The van der Waals surface area contributed by atoms with Gasteiger partial charge in [0.2, 0.25) is 0 Å². The molecule has 0 amide bonds. The van der Waals surface area contributed by atoms with Gasteiger partial charge in [-0.15, -0.1) is 0 Å². The molecule has 4 nitrogen and oxygen atoms in total. The molecule has 20 heavy (non-hydrogen) atoms. The van der Waals surface area contributed by atoms with Crippen molar-refractivity contribution in [1.82, 2.24) is 15.3 Å². The van der Waals surface area contributed by atoms with Gasteiger partial charge in [0, 0.05) is 31.6 Å². The summed E-state index contributed by atoms with van der Waals surface area (Å²) in [5, 5.41) is 6.82. The van der Waals surface area contributed by atoms with Gasteiger partial charge in [0.05, 0.1) is 5.69 Å². The predicted octanol–water partition coefficient (Wildman–Crippen LogP) is 2.81. The van der Waals surface area contributed by atoms with Gasteiger partial charge in [0.1, 0.15) is 5.82 Å². The van der Waals surface area contributed by atoms with Crippen molar-refractivity contribution < 1.29 is 0 Å². The Balaban J connectivity index is 1.84. The lowest BCUT2D eigenvalue weighted by Crippen LogP contribution is -2.26. The molecule has 1 aliphatic heterocycles. The normalized spacial score (nSPS) is 13.9. The van der Waals surface area contributed by atoms with E-state index >= 15 is 0 Å². The van der Waals surface area contributed by atoms with Gasteiger partial charge in [-0.2, -0.15) is 0 Å². The molecule has 3 rings (SSSR count). The maximum Gasteiger partial charge on any atom is 0.198 e. The number of hydrogen-bond donors (Lipinski definition) is 2. The Kier molecular flexibility index (Phi) is 3.98. The minimum Gasteiger partial charge on any atom is -0.366 e. The smallest absolute Gasteiger partial charge is 0.198 e. The second kappa shape index (κ2) is 5.89. The average molecular weight is 333 g/mol. The summed E-state index contributed by atoms with van der Waals surface area (Å²) in [5.74, 6) is 0.928. The molecule has 2 N–H and O–H groups in total. The molecule has 0 bridgehead atoms. The topological polar surface area (TPSA) is 49.8 Å². The van der Waals surface area contributed by atoms with E-state index in [0.717, 1.165) is 37.6 Å². The predicted molar refractivity (Wildman–Crippen MR) is 83.6 cm³/mol. The van der Waals surface area contributed by atoms with E-state index in [4.69, 9.17) is 0 Å². The maximum atomic E-state index is 4.49. The zero-order valence-electron chi connectivity index (χ0n) is 11.4. The van der Waals surface area contributed by atoms with Gasteiger partial charge in [-0.05, 0) is 34.0 Å². The summed E-state index contributed by atoms with van der Waals surface area (Å²) < 4.78 is 0.658. The van der Waals surface area contributed by atoms with Gasteiger partial charge in [-0.1, -0.05) is 24.3 Å². The second-order valence-corrected chi connectivity index (χ2v) is 5.68. The second-order valence-electron chi connectivity index (χ2n) is 4.97. The third-order valence-electron chi connectivity index (χ3n) is 3.61. The van der Waals surface area contributed by atoms with E-state index in [1.165, 1.54) is 16.7 Å². The van der Waals surface area contributed by atoms with Gasteiger partial charge in [-0.25, -0.2) is 9.97 Å². The minimum absolute atomic E-state index is 0.658. The molecule has 0 spiro atoms. The van der Waals surface area contributed by atoms with Crippen LogP contribution in [-0.4, -0.2) is 16.5 Å². The SMILES string of the molecule is Cc1ccccc1CNc1nc(Br)nc2c1CNCC2. The Morgan fingerprint density at radius 2 is 2.15 bits per heavy atom. The Morgan fingerprint density at radius 3 is 3.00 bits per heavy atom. The number of rotatable bonds is 3. The molecule has 1 aromatic carbocycles. The number of nitrogens with one attached hydrogen (secondary N) is 2. The van der Waals surface area contributed by atoms with Crippen LogP contribution < -0.4 is 10.6 Å². The van der Waals surface area contributed by atoms with Crippen LogP contribution in [0.25, 0.3) is 0 Å². The van der Waals surface area contributed by atoms with Crippen molar-refractivity contribution in [2.24, 2.45) is 0 Å². The lowest BCUT2D eigenvalue weighted by atomic mass is 10.1. The van der Waals surface area contributed by atoms with Crippen LogP contribution in [0, 0.1) is 6.92 Å². The van der Waals surface area contributed by atoms with Gasteiger partial charge in [0.15, 0.2) is 4.73 Å². The Hall–Kier alpha value is -1.46. The first kappa shape index (κ1) is 13.5. The van der Waals surface area contributed by atoms with Gasteiger partial charge in [0.25, 0.3) is 0 Å². The fourth-order valence-corrected chi connectivity index (χ4v) is 2.84. The molecule has 5 heteroatoms. The number of nitrogens with zero attached hydrogens (tertiary/aromatic N) is 2. The van der Waals surface area contributed by atoms with Gasteiger partial charge >= 0.3 is 0 Å². The van der Waals surface area contributed by atoms with E-state index in [2.05, 4.69) is 67.7 Å². The quantitative estimate of drug-likeness (QED) is 0.848. The zero-order chi connectivity index (χ0) is 13.9. The number of anilines is 1. The number of benzene rings is 1. The molecule has 0 fully saturated rings. The van der Waals surface area contributed by atoms with Gasteiger partial charge in [-0.3, -0.25) is 0 Å². The lowest BCUT2D eigenvalue weighted by Gasteiger charge is -2.20. The maximum absolute atomic E-state index is 4.49. The third kappa shape index (κ3) is 2.83. The van der Waals surface area contributed by atoms with Crippen LogP contribution in [-0.2, 0) is 19.5 Å². The molecule has 0 aliphatic carbocycles. The molecule has 104 valence electrons. The molecule has 1 aliphatic rings. The molecule has 2 heterocycles. The fourth-order valence-electron chi connectivity index (χ4n) is 2.45.